The van der Waals surface area contributed by atoms with Gasteiger partial charge in [-0.2, -0.15) is 0 Å². The summed E-state index contributed by atoms with van der Waals surface area (Å²) in [5.41, 5.74) is 5.83. The summed E-state index contributed by atoms with van der Waals surface area (Å²) in [7, 11) is 1.71. The molecule has 0 aromatic rings. The lowest BCUT2D eigenvalue weighted by molar-refractivity contribution is 0.199. The van der Waals surface area contributed by atoms with E-state index in [0.717, 1.165) is 32.5 Å². The third-order valence-electron chi connectivity index (χ3n) is 1.83. The molecule has 0 saturated heterocycles. The van der Waals surface area contributed by atoms with Crippen molar-refractivity contribution >= 4 is 0 Å². The number of hydrogen-bond acceptors (Lipinski definition) is 3. The summed E-state index contributed by atoms with van der Waals surface area (Å²) in [6.45, 7) is 4.88. The fourth-order valence-electron chi connectivity index (χ4n) is 1.10. The quantitative estimate of drug-likeness (QED) is 0.534. The van der Waals surface area contributed by atoms with E-state index < -0.39 is 0 Å². The molecule has 0 aromatic heterocycles. The van der Waals surface area contributed by atoms with E-state index in [4.69, 9.17) is 10.5 Å². The van der Waals surface area contributed by atoms with Crippen LogP contribution in [0, 0.1) is 0 Å². The normalized spacial score (nSPS) is 13.2. The molecule has 0 aliphatic rings. The van der Waals surface area contributed by atoms with E-state index in [0.29, 0.717) is 6.04 Å². The molecule has 1 unspecified atom stereocenters. The summed E-state index contributed by atoms with van der Waals surface area (Å²) in [4.78, 5) is 0. The van der Waals surface area contributed by atoms with Crippen LogP contribution in [-0.2, 0) is 4.74 Å². The average Bonchev–Trinajstić information content (AvgIpc) is 2.05. The molecule has 0 aliphatic carbocycles. The number of hydrogen-bond donors (Lipinski definition) is 2. The second kappa shape index (κ2) is 8.97. The molecule has 0 spiro atoms. The minimum absolute atomic E-state index is 0.366. The molecule has 3 nitrogen and oxygen atoms in total. The molecule has 12 heavy (non-hydrogen) atoms. The molecule has 0 saturated carbocycles. The van der Waals surface area contributed by atoms with Gasteiger partial charge >= 0.3 is 0 Å². The lowest BCUT2D eigenvalue weighted by Gasteiger charge is -2.10. The van der Waals surface area contributed by atoms with Crippen LogP contribution in [0.15, 0.2) is 0 Å². The van der Waals surface area contributed by atoms with Crippen LogP contribution in [0.2, 0.25) is 0 Å². The zero-order valence-electron chi connectivity index (χ0n) is 8.31. The topological polar surface area (TPSA) is 47.3 Å². The van der Waals surface area contributed by atoms with Gasteiger partial charge in [0, 0.05) is 19.7 Å². The van der Waals surface area contributed by atoms with Crippen LogP contribution in [0.3, 0.4) is 0 Å². The van der Waals surface area contributed by atoms with Gasteiger partial charge in [-0.1, -0.05) is 13.3 Å². The van der Waals surface area contributed by atoms with Gasteiger partial charge in [0.1, 0.15) is 0 Å². The predicted octanol–water partition coefficient (Wildman–Crippen LogP) is 0.740. The number of ether oxygens (including phenoxy) is 1. The molecule has 0 aliphatic heterocycles. The molecular formula is C9H22N2O. The van der Waals surface area contributed by atoms with E-state index in [1.54, 1.807) is 7.11 Å². The van der Waals surface area contributed by atoms with E-state index in [2.05, 4.69) is 12.2 Å². The monoisotopic (exact) mass is 174 g/mol. The van der Waals surface area contributed by atoms with Gasteiger partial charge < -0.3 is 15.8 Å². The first-order chi connectivity index (χ1) is 5.81. The number of rotatable bonds is 8. The fraction of sp³-hybridized carbons (Fsp3) is 1.00. The van der Waals surface area contributed by atoms with Gasteiger partial charge in [0.05, 0.1) is 6.61 Å². The molecule has 3 heteroatoms. The zero-order valence-corrected chi connectivity index (χ0v) is 8.31. The maximum Gasteiger partial charge on any atom is 0.0587 e. The van der Waals surface area contributed by atoms with Crippen LogP contribution in [-0.4, -0.2) is 32.8 Å². The molecule has 0 radical (unpaired) electrons. The Morgan fingerprint density at radius 1 is 1.33 bits per heavy atom. The summed E-state index contributed by atoms with van der Waals surface area (Å²) in [5, 5.41) is 3.27. The molecule has 0 amide bonds. The lowest BCUT2D eigenvalue weighted by Crippen LogP contribution is -2.28. The van der Waals surface area contributed by atoms with Crippen LogP contribution >= 0.6 is 0 Å². The predicted molar refractivity (Wildman–Crippen MR) is 52.2 cm³/mol. The van der Waals surface area contributed by atoms with Crippen LogP contribution in [0.25, 0.3) is 0 Å². The van der Waals surface area contributed by atoms with Crippen molar-refractivity contribution in [3.05, 3.63) is 0 Å². The number of nitrogens with one attached hydrogen (secondary N) is 1. The summed E-state index contributed by atoms with van der Waals surface area (Å²) >= 11 is 0. The van der Waals surface area contributed by atoms with Crippen molar-refractivity contribution in [2.24, 2.45) is 5.73 Å². The van der Waals surface area contributed by atoms with Gasteiger partial charge in [0.15, 0.2) is 0 Å². The Kier molecular flexibility index (Phi) is 8.88. The minimum atomic E-state index is 0.366. The van der Waals surface area contributed by atoms with Gasteiger partial charge in [-0.25, -0.2) is 0 Å². The molecule has 0 aromatic carbocycles. The summed E-state index contributed by atoms with van der Waals surface area (Å²) in [6.07, 6.45) is 3.38. The molecule has 74 valence electrons. The van der Waals surface area contributed by atoms with Crippen molar-refractivity contribution in [3.8, 4) is 0 Å². The van der Waals surface area contributed by atoms with Crippen LogP contribution < -0.4 is 11.1 Å². The number of methoxy groups -OCH3 is 1. The van der Waals surface area contributed by atoms with Gasteiger partial charge in [-0.3, -0.25) is 0 Å². The average molecular weight is 174 g/mol. The molecule has 3 N–H and O–H groups in total. The van der Waals surface area contributed by atoms with Crippen molar-refractivity contribution in [1.29, 1.82) is 0 Å². The van der Waals surface area contributed by atoms with Crippen molar-refractivity contribution in [2.45, 2.75) is 32.2 Å². The van der Waals surface area contributed by atoms with Crippen molar-refractivity contribution < 1.29 is 4.74 Å². The first-order valence-electron chi connectivity index (χ1n) is 4.76. The first kappa shape index (κ1) is 11.9. The van der Waals surface area contributed by atoms with Crippen LogP contribution in [0.1, 0.15) is 26.2 Å². The smallest absolute Gasteiger partial charge is 0.0587 e. The standard InChI is InChI=1S/C9H22N2O/c1-3-4-9(10)5-6-11-7-8-12-2/h9,11H,3-8,10H2,1-2H3. The summed E-state index contributed by atoms with van der Waals surface area (Å²) < 4.78 is 4.90. The van der Waals surface area contributed by atoms with Crippen LogP contribution in [0.4, 0.5) is 0 Å². The Bertz CT molecular complexity index is 88.6. The van der Waals surface area contributed by atoms with Crippen LogP contribution in [0.5, 0.6) is 0 Å². The fourth-order valence-corrected chi connectivity index (χ4v) is 1.10. The Balaban J connectivity index is 2.97. The highest BCUT2D eigenvalue weighted by Gasteiger charge is 1.98. The Hall–Kier alpha value is -0.120. The highest BCUT2D eigenvalue weighted by molar-refractivity contribution is 4.61. The third kappa shape index (κ3) is 7.98. The molecular weight excluding hydrogens is 152 g/mol. The molecule has 0 bridgehead atoms. The van der Waals surface area contributed by atoms with Gasteiger partial charge in [-0.15, -0.1) is 0 Å². The van der Waals surface area contributed by atoms with E-state index in [9.17, 15) is 0 Å². The second-order valence-corrected chi connectivity index (χ2v) is 3.08. The molecule has 1 atom stereocenters. The van der Waals surface area contributed by atoms with Crippen molar-refractivity contribution in [1.82, 2.24) is 5.32 Å². The minimum Gasteiger partial charge on any atom is -0.383 e. The highest BCUT2D eigenvalue weighted by Crippen LogP contribution is 1.96. The Labute approximate surface area is 75.7 Å². The second-order valence-electron chi connectivity index (χ2n) is 3.08. The Morgan fingerprint density at radius 3 is 2.67 bits per heavy atom. The highest BCUT2D eigenvalue weighted by atomic mass is 16.5. The maximum atomic E-state index is 5.83. The lowest BCUT2D eigenvalue weighted by atomic mass is 10.1. The van der Waals surface area contributed by atoms with Crippen molar-refractivity contribution in [3.63, 3.8) is 0 Å². The SMILES string of the molecule is CCCC(N)CCNCCOC. The van der Waals surface area contributed by atoms with E-state index in [1.807, 2.05) is 0 Å². The van der Waals surface area contributed by atoms with Gasteiger partial charge in [0.2, 0.25) is 0 Å². The van der Waals surface area contributed by atoms with Gasteiger partial charge in [0.25, 0.3) is 0 Å². The number of nitrogens with two attached hydrogens (primary N) is 1. The zero-order chi connectivity index (χ0) is 9.23. The molecule has 0 rings (SSSR count). The molecule has 0 heterocycles. The third-order valence-corrected chi connectivity index (χ3v) is 1.83. The van der Waals surface area contributed by atoms with E-state index >= 15 is 0 Å². The maximum absolute atomic E-state index is 5.83. The summed E-state index contributed by atoms with van der Waals surface area (Å²) in [6, 6.07) is 0.366. The van der Waals surface area contributed by atoms with Gasteiger partial charge in [-0.05, 0) is 19.4 Å². The Morgan fingerprint density at radius 2 is 2.08 bits per heavy atom. The summed E-state index contributed by atoms with van der Waals surface area (Å²) in [5.74, 6) is 0. The van der Waals surface area contributed by atoms with Crippen molar-refractivity contribution in [2.75, 3.05) is 26.8 Å². The molecule has 0 fully saturated rings. The van der Waals surface area contributed by atoms with E-state index in [1.165, 1.54) is 6.42 Å². The first-order valence-corrected chi connectivity index (χ1v) is 4.76. The largest absolute Gasteiger partial charge is 0.383 e. The van der Waals surface area contributed by atoms with E-state index in [-0.39, 0.29) is 0 Å².